The zero-order valence-corrected chi connectivity index (χ0v) is 5.86. The van der Waals surface area contributed by atoms with Crippen LogP contribution in [-0.4, -0.2) is 18.9 Å². The minimum atomic E-state index is 0.964. The van der Waals surface area contributed by atoms with E-state index in [-0.39, 0.29) is 0 Å². The molecule has 0 saturated heterocycles. The Labute approximate surface area is 51.0 Å². The maximum absolute atomic E-state index is 4.04. The van der Waals surface area contributed by atoms with Crippen molar-refractivity contribution in [3.63, 3.8) is 0 Å². The van der Waals surface area contributed by atoms with Crippen LogP contribution in [-0.2, 0) is 0 Å². The number of aliphatic imine (C=N–C) groups is 1. The highest BCUT2D eigenvalue weighted by molar-refractivity contribution is 5.80. The summed E-state index contributed by atoms with van der Waals surface area (Å²) in [6, 6.07) is 0. The maximum Gasteiger partial charge on any atom is 0.0933 e. The van der Waals surface area contributed by atoms with Crippen molar-refractivity contribution in [1.82, 2.24) is 5.32 Å². The van der Waals surface area contributed by atoms with Gasteiger partial charge in [-0.1, -0.05) is 13.8 Å². The third kappa shape index (κ3) is 2.61. The molecule has 0 aromatic heterocycles. The van der Waals surface area contributed by atoms with Gasteiger partial charge < -0.3 is 5.32 Å². The van der Waals surface area contributed by atoms with E-state index in [2.05, 4.69) is 10.3 Å². The molecule has 0 spiro atoms. The van der Waals surface area contributed by atoms with Gasteiger partial charge in [-0.15, -0.1) is 0 Å². The molecule has 0 aromatic rings. The lowest BCUT2D eigenvalue weighted by Gasteiger charge is -1.85. The van der Waals surface area contributed by atoms with Crippen molar-refractivity contribution in [3.8, 4) is 0 Å². The molecule has 48 valence electrons. The average molecular weight is 114 g/mol. The Bertz CT molecular complexity index is 76.6. The van der Waals surface area contributed by atoms with Crippen LogP contribution in [0.2, 0.25) is 0 Å². The SMILES string of the molecule is CC.CC1=NCCN1. The van der Waals surface area contributed by atoms with E-state index in [1.165, 1.54) is 0 Å². The van der Waals surface area contributed by atoms with Crippen LogP contribution < -0.4 is 5.32 Å². The Hall–Kier alpha value is -0.530. The molecule has 2 nitrogen and oxygen atoms in total. The molecule has 0 atom stereocenters. The van der Waals surface area contributed by atoms with Crippen molar-refractivity contribution in [1.29, 1.82) is 0 Å². The summed E-state index contributed by atoms with van der Waals surface area (Å²) in [6.07, 6.45) is 0. The first kappa shape index (κ1) is 7.47. The van der Waals surface area contributed by atoms with Gasteiger partial charge in [0.15, 0.2) is 0 Å². The van der Waals surface area contributed by atoms with Crippen LogP contribution in [0.4, 0.5) is 0 Å². The summed E-state index contributed by atoms with van der Waals surface area (Å²) in [5.74, 6) is 1.08. The number of amidine groups is 1. The Morgan fingerprint density at radius 1 is 1.50 bits per heavy atom. The fraction of sp³-hybridized carbons (Fsp3) is 0.833. The predicted octanol–water partition coefficient (Wildman–Crippen LogP) is 1.03. The van der Waals surface area contributed by atoms with Crippen molar-refractivity contribution < 1.29 is 0 Å². The van der Waals surface area contributed by atoms with Gasteiger partial charge in [-0.3, -0.25) is 4.99 Å². The molecule has 0 amide bonds. The Morgan fingerprint density at radius 3 is 2.25 bits per heavy atom. The third-order valence-electron chi connectivity index (χ3n) is 0.842. The summed E-state index contributed by atoms with van der Waals surface area (Å²) in [7, 11) is 0. The number of rotatable bonds is 0. The van der Waals surface area contributed by atoms with Crippen molar-refractivity contribution in [2.45, 2.75) is 20.8 Å². The van der Waals surface area contributed by atoms with Gasteiger partial charge >= 0.3 is 0 Å². The molecule has 0 radical (unpaired) electrons. The fourth-order valence-corrected chi connectivity index (χ4v) is 0.516. The standard InChI is InChI=1S/C4H8N2.C2H6/c1-4-5-2-3-6-4;1-2/h2-3H2,1H3,(H,5,6);1-2H3. The molecule has 1 aliphatic heterocycles. The van der Waals surface area contributed by atoms with Crippen LogP contribution in [0.1, 0.15) is 20.8 Å². The van der Waals surface area contributed by atoms with E-state index in [9.17, 15) is 0 Å². The summed E-state index contributed by atoms with van der Waals surface area (Å²) in [5.41, 5.74) is 0. The Balaban J connectivity index is 0.000000222. The van der Waals surface area contributed by atoms with Gasteiger partial charge in [0.25, 0.3) is 0 Å². The molecular weight excluding hydrogens is 100 g/mol. The van der Waals surface area contributed by atoms with Gasteiger partial charge in [-0.05, 0) is 6.92 Å². The molecule has 1 aliphatic rings. The lowest BCUT2D eigenvalue weighted by Crippen LogP contribution is -2.13. The first-order valence-electron chi connectivity index (χ1n) is 3.14. The number of hydrogen-bond donors (Lipinski definition) is 1. The molecular formula is C6H14N2. The van der Waals surface area contributed by atoms with Crippen LogP contribution >= 0.6 is 0 Å². The third-order valence-corrected chi connectivity index (χ3v) is 0.842. The van der Waals surface area contributed by atoms with E-state index in [1.54, 1.807) is 0 Å². The summed E-state index contributed by atoms with van der Waals surface area (Å²) in [5, 5.41) is 3.07. The fourth-order valence-electron chi connectivity index (χ4n) is 0.516. The lowest BCUT2D eigenvalue weighted by molar-refractivity contribution is 0.958. The van der Waals surface area contributed by atoms with Crippen LogP contribution in [0, 0.1) is 0 Å². The zero-order valence-electron chi connectivity index (χ0n) is 5.86. The number of hydrogen-bond acceptors (Lipinski definition) is 2. The molecule has 0 fully saturated rings. The largest absolute Gasteiger partial charge is 0.372 e. The highest BCUT2D eigenvalue weighted by atomic mass is 15.0. The first-order chi connectivity index (χ1) is 3.89. The van der Waals surface area contributed by atoms with Gasteiger partial charge in [0.1, 0.15) is 0 Å². The van der Waals surface area contributed by atoms with E-state index in [1.807, 2.05) is 20.8 Å². The van der Waals surface area contributed by atoms with Crippen LogP contribution in [0.5, 0.6) is 0 Å². The molecule has 0 saturated carbocycles. The van der Waals surface area contributed by atoms with E-state index in [0.29, 0.717) is 0 Å². The van der Waals surface area contributed by atoms with Gasteiger partial charge in [-0.2, -0.15) is 0 Å². The zero-order chi connectivity index (χ0) is 6.41. The molecule has 0 aliphatic carbocycles. The molecule has 1 N–H and O–H groups in total. The van der Waals surface area contributed by atoms with Gasteiger partial charge in [0.2, 0.25) is 0 Å². The van der Waals surface area contributed by atoms with E-state index >= 15 is 0 Å². The summed E-state index contributed by atoms with van der Waals surface area (Å²) in [4.78, 5) is 4.04. The molecule has 0 unspecified atom stereocenters. The lowest BCUT2D eigenvalue weighted by atomic mass is 10.7. The Morgan fingerprint density at radius 2 is 2.12 bits per heavy atom. The summed E-state index contributed by atoms with van der Waals surface area (Å²) < 4.78 is 0. The van der Waals surface area contributed by atoms with Gasteiger partial charge in [-0.25, -0.2) is 0 Å². The molecule has 1 heterocycles. The average Bonchev–Trinajstić information content (AvgIpc) is 2.24. The minimum absolute atomic E-state index is 0.964. The number of nitrogens with zero attached hydrogens (tertiary/aromatic N) is 1. The van der Waals surface area contributed by atoms with Gasteiger partial charge in [0, 0.05) is 6.54 Å². The van der Waals surface area contributed by atoms with Crippen LogP contribution in [0.15, 0.2) is 4.99 Å². The van der Waals surface area contributed by atoms with Crippen molar-refractivity contribution in [2.75, 3.05) is 13.1 Å². The van der Waals surface area contributed by atoms with Crippen LogP contribution in [0.3, 0.4) is 0 Å². The normalized spacial score (nSPS) is 15.6. The quantitative estimate of drug-likeness (QED) is 0.500. The van der Waals surface area contributed by atoms with Crippen molar-refractivity contribution >= 4 is 5.84 Å². The second-order valence-electron chi connectivity index (χ2n) is 1.39. The van der Waals surface area contributed by atoms with E-state index < -0.39 is 0 Å². The van der Waals surface area contributed by atoms with Crippen molar-refractivity contribution in [2.24, 2.45) is 4.99 Å². The predicted molar refractivity (Wildman–Crippen MR) is 37.3 cm³/mol. The monoisotopic (exact) mass is 114 g/mol. The molecule has 0 bridgehead atoms. The number of nitrogens with one attached hydrogen (secondary N) is 1. The molecule has 8 heavy (non-hydrogen) atoms. The second-order valence-corrected chi connectivity index (χ2v) is 1.39. The Kier molecular flexibility index (Phi) is 4.32. The van der Waals surface area contributed by atoms with E-state index in [4.69, 9.17) is 0 Å². The van der Waals surface area contributed by atoms with Crippen LogP contribution in [0.25, 0.3) is 0 Å². The second kappa shape index (κ2) is 4.62. The summed E-state index contributed by atoms with van der Waals surface area (Å²) in [6.45, 7) is 7.98. The van der Waals surface area contributed by atoms with Crippen molar-refractivity contribution in [3.05, 3.63) is 0 Å². The minimum Gasteiger partial charge on any atom is -0.372 e. The molecule has 1 rings (SSSR count). The molecule has 2 heteroatoms. The highest BCUT2D eigenvalue weighted by Crippen LogP contribution is 1.79. The molecule has 0 aromatic carbocycles. The van der Waals surface area contributed by atoms with Gasteiger partial charge in [0.05, 0.1) is 12.4 Å². The maximum atomic E-state index is 4.04. The van der Waals surface area contributed by atoms with E-state index in [0.717, 1.165) is 18.9 Å². The summed E-state index contributed by atoms with van der Waals surface area (Å²) >= 11 is 0. The smallest absolute Gasteiger partial charge is 0.0933 e. The highest BCUT2D eigenvalue weighted by Gasteiger charge is 1.93. The topological polar surface area (TPSA) is 24.4 Å². The first-order valence-corrected chi connectivity index (χ1v) is 3.14.